The van der Waals surface area contributed by atoms with Crippen LogP contribution in [0.25, 0.3) is 33.4 Å². The molecule has 0 saturated carbocycles. The number of phenols is 1. The number of anilines is 1. The van der Waals surface area contributed by atoms with Crippen LogP contribution in [0, 0.1) is 0 Å². The highest BCUT2D eigenvalue weighted by atomic mass is 32.2. The molecule has 2 unspecified atom stereocenters. The normalized spacial score (nSPS) is 15.4. The van der Waals surface area contributed by atoms with Gasteiger partial charge in [-0.3, -0.25) is 19.2 Å². The number of carbonyl (C=O) groups excluding carboxylic acids is 3. The smallest absolute Gasteiger partial charge is 0.336 e. The number of carboxylic acid groups (broad SMARTS) is 2. The predicted molar refractivity (Wildman–Crippen MR) is 170 cm³/mol. The number of unbranched alkanes of at least 4 members (excludes halogenated alkanes) is 2. The van der Waals surface area contributed by atoms with Crippen molar-refractivity contribution in [2.24, 2.45) is 0 Å². The summed E-state index contributed by atoms with van der Waals surface area (Å²) in [6.45, 7) is 1.98. The maximum Gasteiger partial charge on any atom is 0.336 e. The molecule has 238 valence electrons. The number of benzene rings is 3. The van der Waals surface area contributed by atoms with Gasteiger partial charge in [0, 0.05) is 47.2 Å². The first-order chi connectivity index (χ1) is 22.0. The summed E-state index contributed by atoms with van der Waals surface area (Å²) in [6, 6.07) is 11.2. The molecule has 2 heterocycles. The van der Waals surface area contributed by atoms with E-state index in [0.717, 1.165) is 29.5 Å². The first-order valence-electron chi connectivity index (χ1n) is 14.6. The number of thioether (sulfide) groups is 1. The zero-order valence-corrected chi connectivity index (χ0v) is 25.5. The zero-order valence-electron chi connectivity index (χ0n) is 24.6. The Labute approximate surface area is 266 Å². The molecule has 3 amide bonds. The third kappa shape index (κ3) is 6.59. The summed E-state index contributed by atoms with van der Waals surface area (Å²) in [5.74, 6) is -4.31. The summed E-state index contributed by atoms with van der Waals surface area (Å²) in [5, 5.41) is 31.9. The largest absolute Gasteiger partial charge is 0.508 e. The van der Waals surface area contributed by atoms with Gasteiger partial charge in [-0.1, -0.05) is 25.8 Å². The molecule has 0 aromatic heterocycles. The minimum Gasteiger partial charge on any atom is -0.508 e. The van der Waals surface area contributed by atoms with Crippen LogP contribution in [0.3, 0.4) is 0 Å². The summed E-state index contributed by atoms with van der Waals surface area (Å²) in [5.41, 5.74) is 0.710. The van der Waals surface area contributed by atoms with E-state index in [1.807, 2.05) is 6.92 Å². The summed E-state index contributed by atoms with van der Waals surface area (Å²) in [7, 11) is 0. The quantitative estimate of drug-likeness (QED) is 0.0964. The van der Waals surface area contributed by atoms with Crippen LogP contribution < -0.4 is 15.6 Å². The molecule has 1 fully saturated rings. The lowest BCUT2D eigenvalue weighted by molar-refractivity contribution is -0.141. The standard InChI is InChI=1S/C33H30N2O10S/c1-2-3-4-5-28(38)34-24(33(43)44)16-46-27-15-29(39)35(31(27)40)17-6-9-20(23(12-17)32(41)42)30-21-10-7-18(36)13-25(21)45-26-14-19(37)8-11-22(26)30/h6-14,24,27,36H,2-5,15-16H2,1H3,(H,34,38)(H,41,42)(H,43,44). The average Bonchev–Trinajstić information content (AvgIpc) is 3.29. The molecule has 3 aliphatic rings. The van der Waals surface area contributed by atoms with Gasteiger partial charge in [0.25, 0.3) is 0 Å². The van der Waals surface area contributed by atoms with Gasteiger partial charge in [0.1, 0.15) is 23.1 Å². The van der Waals surface area contributed by atoms with Crippen molar-refractivity contribution in [2.45, 2.75) is 50.3 Å². The molecule has 0 bridgehead atoms. The van der Waals surface area contributed by atoms with Crippen LogP contribution in [0.2, 0.25) is 0 Å². The number of aliphatic carboxylic acids is 1. The number of carbonyl (C=O) groups is 5. The number of fused-ring (bicyclic) bond motifs is 2. The van der Waals surface area contributed by atoms with Gasteiger partial charge >= 0.3 is 11.9 Å². The van der Waals surface area contributed by atoms with Gasteiger partial charge in [-0.2, -0.15) is 0 Å². The van der Waals surface area contributed by atoms with E-state index >= 15 is 0 Å². The number of aromatic hydroxyl groups is 1. The number of aromatic carboxylic acids is 1. The number of nitrogens with zero attached hydrogens (tertiary/aromatic N) is 1. The van der Waals surface area contributed by atoms with Gasteiger partial charge in [-0.25, -0.2) is 14.5 Å². The van der Waals surface area contributed by atoms with Crippen molar-refractivity contribution in [1.82, 2.24) is 5.32 Å². The van der Waals surface area contributed by atoms with Gasteiger partial charge in [0.15, 0.2) is 5.43 Å². The Hall–Kier alpha value is -5.17. The number of hydrogen-bond donors (Lipinski definition) is 4. The Morgan fingerprint density at radius 3 is 2.48 bits per heavy atom. The third-order valence-corrected chi connectivity index (χ3v) is 8.94. The Morgan fingerprint density at radius 1 is 1.00 bits per heavy atom. The number of rotatable bonds is 12. The topological polar surface area (TPSA) is 192 Å². The third-order valence-electron chi connectivity index (χ3n) is 7.65. The summed E-state index contributed by atoms with van der Waals surface area (Å²) in [6.07, 6.45) is 2.31. The van der Waals surface area contributed by atoms with Crippen LogP contribution in [0.15, 0.2) is 63.8 Å². The molecular formula is C33H30N2O10S. The number of hydrogen-bond acceptors (Lipinski definition) is 9. The van der Waals surface area contributed by atoms with E-state index in [4.69, 9.17) is 4.42 Å². The van der Waals surface area contributed by atoms with Crippen molar-refractivity contribution in [2.75, 3.05) is 10.7 Å². The molecule has 1 saturated heterocycles. The Bertz CT molecular complexity index is 1900. The highest BCUT2D eigenvalue weighted by molar-refractivity contribution is 8.00. The zero-order chi connectivity index (χ0) is 33.1. The average molecular weight is 647 g/mol. The Morgan fingerprint density at radius 2 is 1.76 bits per heavy atom. The second-order valence-electron chi connectivity index (χ2n) is 10.9. The summed E-state index contributed by atoms with van der Waals surface area (Å²) < 4.78 is 5.85. The molecule has 4 N–H and O–H groups in total. The van der Waals surface area contributed by atoms with E-state index in [1.165, 1.54) is 48.5 Å². The first kappa shape index (κ1) is 32.2. The van der Waals surface area contributed by atoms with Crippen LogP contribution in [0.1, 0.15) is 49.4 Å². The number of nitrogens with one attached hydrogen (secondary N) is 1. The molecule has 0 radical (unpaired) electrons. The maximum absolute atomic E-state index is 13.4. The van der Waals surface area contributed by atoms with Crippen LogP contribution in [-0.4, -0.2) is 62.0 Å². The fourth-order valence-corrected chi connectivity index (χ4v) is 6.57. The van der Waals surface area contributed by atoms with Crippen molar-refractivity contribution in [1.29, 1.82) is 0 Å². The van der Waals surface area contributed by atoms with E-state index in [9.17, 15) is 44.1 Å². The summed E-state index contributed by atoms with van der Waals surface area (Å²) in [4.78, 5) is 75.9. The van der Waals surface area contributed by atoms with Crippen LogP contribution >= 0.6 is 11.8 Å². The highest BCUT2D eigenvalue weighted by Gasteiger charge is 2.41. The molecule has 0 spiro atoms. The molecule has 2 atom stereocenters. The van der Waals surface area contributed by atoms with Crippen LogP contribution in [-0.2, 0) is 19.2 Å². The van der Waals surface area contributed by atoms with E-state index in [0.29, 0.717) is 22.9 Å². The first-order valence-corrected chi connectivity index (χ1v) is 15.6. The monoisotopic (exact) mass is 646 g/mol. The minimum absolute atomic E-state index is 0.0204. The molecule has 2 aromatic rings. The predicted octanol–water partition coefficient (Wildman–Crippen LogP) is 4.48. The van der Waals surface area contributed by atoms with Crippen molar-refractivity contribution >= 4 is 58.1 Å². The fraction of sp³-hybridized carbons (Fsp3) is 0.273. The summed E-state index contributed by atoms with van der Waals surface area (Å²) >= 11 is 0.936. The van der Waals surface area contributed by atoms with Gasteiger partial charge in [0.2, 0.25) is 17.7 Å². The second-order valence-corrected chi connectivity index (χ2v) is 12.1. The number of phenolic OH excluding ortho intramolecular Hbond substituents is 1. The number of carboxylic acids is 2. The molecule has 2 aromatic carbocycles. The van der Waals surface area contributed by atoms with Crippen LogP contribution in [0.4, 0.5) is 5.69 Å². The van der Waals surface area contributed by atoms with Gasteiger partial charge in [0.05, 0.1) is 16.5 Å². The molecule has 5 rings (SSSR count). The molecule has 12 nitrogen and oxygen atoms in total. The fourth-order valence-electron chi connectivity index (χ4n) is 5.41. The molecule has 13 heteroatoms. The van der Waals surface area contributed by atoms with Crippen molar-refractivity contribution in [3.63, 3.8) is 0 Å². The number of imide groups is 1. The Kier molecular flexibility index (Phi) is 9.42. The molecule has 1 aliphatic carbocycles. The van der Waals surface area contributed by atoms with Gasteiger partial charge in [-0.05, 0) is 48.4 Å². The Balaban J connectivity index is 1.44. The van der Waals surface area contributed by atoms with Gasteiger partial charge in [-0.15, -0.1) is 11.8 Å². The molecule has 46 heavy (non-hydrogen) atoms. The van der Waals surface area contributed by atoms with Crippen molar-refractivity contribution < 1.29 is 43.7 Å². The van der Waals surface area contributed by atoms with E-state index in [2.05, 4.69) is 5.32 Å². The lowest BCUT2D eigenvalue weighted by Gasteiger charge is -2.20. The number of amides is 3. The van der Waals surface area contributed by atoms with Crippen LogP contribution in [0.5, 0.6) is 5.75 Å². The minimum atomic E-state index is -1.35. The maximum atomic E-state index is 13.4. The van der Waals surface area contributed by atoms with E-state index in [1.54, 1.807) is 6.07 Å². The molecule has 2 aliphatic heterocycles. The SMILES string of the molecule is CCCCCC(=O)NC(CSC1CC(=O)N(c2ccc(-c3c4ccc(=O)cc-4oc4cc(O)ccc34)c(C(=O)O)c2)C1=O)C(=O)O. The molecular weight excluding hydrogens is 616 g/mol. The van der Waals surface area contributed by atoms with Crippen molar-refractivity contribution in [3.05, 3.63) is 70.4 Å². The highest BCUT2D eigenvalue weighted by Crippen LogP contribution is 2.43. The lowest BCUT2D eigenvalue weighted by Crippen LogP contribution is -2.43. The van der Waals surface area contributed by atoms with E-state index < -0.39 is 41.0 Å². The van der Waals surface area contributed by atoms with Crippen molar-refractivity contribution in [3.8, 4) is 28.2 Å². The second kappa shape index (κ2) is 13.4. The lowest BCUT2D eigenvalue weighted by atomic mass is 9.90. The van der Waals surface area contributed by atoms with E-state index in [-0.39, 0.29) is 57.9 Å². The van der Waals surface area contributed by atoms with Gasteiger partial charge < -0.3 is 25.1 Å².